The molecule has 0 saturated heterocycles. The van der Waals surface area contributed by atoms with Crippen LogP contribution < -0.4 is 0 Å². The highest BCUT2D eigenvalue weighted by Gasteiger charge is 2.20. The van der Waals surface area contributed by atoms with Gasteiger partial charge >= 0.3 is 5.97 Å². The first kappa shape index (κ1) is 12.7. The van der Waals surface area contributed by atoms with Crippen LogP contribution in [0.25, 0.3) is 0 Å². The number of aryl methyl sites for hydroxylation is 2. The first-order valence-electron chi connectivity index (χ1n) is 5.37. The van der Waals surface area contributed by atoms with Gasteiger partial charge in [-0.3, -0.25) is 9.69 Å². The van der Waals surface area contributed by atoms with Crippen molar-refractivity contribution in [1.29, 1.82) is 0 Å². The minimum absolute atomic E-state index is 0.457. The molecule has 0 saturated carbocycles. The standard InChI is InChI=1S/C13H19NO2/c1-9-5-6-11(10(2)7-9)8-12(13(15)16)14(3)4/h5-7,12H,8H2,1-4H3,(H,15,16). The van der Waals surface area contributed by atoms with Crippen molar-refractivity contribution in [2.45, 2.75) is 26.3 Å². The van der Waals surface area contributed by atoms with E-state index < -0.39 is 12.0 Å². The summed E-state index contributed by atoms with van der Waals surface area (Å²) in [6.45, 7) is 4.06. The number of aliphatic carboxylic acids is 1. The number of benzene rings is 1. The van der Waals surface area contributed by atoms with Crippen molar-refractivity contribution in [3.63, 3.8) is 0 Å². The van der Waals surface area contributed by atoms with Gasteiger partial charge in [-0.15, -0.1) is 0 Å². The van der Waals surface area contributed by atoms with E-state index in [-0.39, 0.29) is 0 Å². The van der Waals surface area contributed by atoms with Crippen LogP contribution in [0, 0.1) is 13.8 Å². The predicted molar refractivity (Wildman–Crippen MR) is 64.7 cm³/mol. The number of carbonyl (C=O) groups is 1. The van der Waals surface area contributed by atoms with E-state index in [0.29, 0.717) is 6.42 Å². The Morgan fingerprint density at radius 3 is 2.44 bits per heavy atom. The summed E-state index contributed by atoms with van der Waals surface area (Å²) in [5.41, 5.74) is 3.47. The van der Waals surface area contributed by atoms with Gasteiger partial charge < -0.3 is 5.11 Å². The highest BCUT2D eigenvalue weighted by Crippen LogP contribution is 2.14. The minimum Gasteiger partial charge on any atom is -0.480 e. The first-order chi connectivity index (χ1) is 7.41. The lowest BCUT2D eigenvalue weighted by molar-refractivity contribution is -0.142. The molecule has 0 aliphatic heterocycles. The van der Waals surface area contributed by atoms with Crippen LogP contribution in [0.1, 0.15) is 16.7 Å². The van der Waals surface area contributed by atoms with Crippen LogP contribution in [0.3, 0.4) is 0 Å². The van der Waals surface area contributed by atoms with E-state index in [0.717, 1.165) is 11.1 Å². The molecule has 0 bridgehead atoms. The smallest absolute Gasteiger partial charge is 0.321 e. The van der Waals surface area contributed by atoms with Crippen LogP contribution in [0.4, 0.5) is 0 Å². The Labute approximate surface area is 96.7 Å². The van der Waals surface area contributed by atoms with Gasteiger partial charge in [-0.25, -0.2) is 0 Å². The second-order valence-corrected chi connectivity index (χ2v) is 4.45. The Kier molecular flexibility index (Phi) is 4.07. The van der Waals surface area contributed by atoms with Crippen molar-refractivity contribution in [3.8, 4) is 0 Å². The molecule has 1 N–H and O–H groups in total. The van der Waals surface area contributed by atoms with E-state index in [2.05, 4.69) is 6.07 Å². The van der Waals surface area contributed by atoms with Crippen molar-refractivity contribution >= 4 is 5.97 Å². The summed E-state index contributed by atoms with van der Waals surface area (Å²) >= 11 is 0. The van der Waals surface area contributed by atoms with Gasteiger partial charge in [0.2, 0.25) is 0 Å². The van der Waals surface area contributed by atoms with Gasteiger partial charge in [0.1, 0.15) is 6.04 Å². The van der Waals surface area contributed by atoms with Gasteiger partial charge in [-0.05, 0) is 45.5 Å². The van der Waals surface area contributed by atoms with E-state index >= 15 is 0 Å². The zero-order valence-electron chi connectivity index (χ0n) is 10.3. The molecule has 3 nitrogen and oxygen atoms in total. The molecule has 0 heterocycles. The molecular formula is C13H19NO2. The largest absolute Gasteiger partial charge is 0.480 e. The van der Waals surface area contributed by atoms with Gasteiger partial charge in [-0.2, -0.15) is 0 Å². The van der Waals surface area contributed by atoms with Crippen molar-refractivity contribution in [2.24, 2.45) is 0 Å². The summed E-state index contributed by atoms with van der Waals surface area (Å²) in [5.74, 6) is -0.773. The third kappa shape index (κ3) is 3.07. The number of carboxylic acids is 1. The highest BCUT2D eigenvalue weighted by molar-refractivity contribution is 5.74. The van der Waals surface area contributed by atoms with Crippen LogP contribution in [0.15, 0.2) is 18.2 Å². The second-order valence-electron chi connectivity index (χ2n) is 4.45. The fourth-order valence-electron chi connectivity index (χ4n) is 1.77. The van der Waals surface area contributed by atoms with E-state index in [1.807, 2.05) is 26.0 Å². The predicted octanol–water partition coefficient (Wildman–Crippen LogP) is 1.86. The van der Waals surface area contributed by atoms with Crippen LogP contribution in [0.2, 0.25) is 0 Å². The molecule has 3 heteroatoms. The molecule has 0 amide bonds. The number of hydrogen-bond donors (Lipinski definition) is 1. The molecule has 1 atom stereocenters. The van der Waals surface area contributed by atoms with E-state index in [1.54, 1.807) is 19.0 Å². The van der Waals surface area contributed by atoms with Crippen LogP contribution in [-0.4, -0.2) is 36.1 Å². The van der Waals surface area contributed by atoms with Crippen LogP contribution in [0.5, 0.6) is 0 Å². The molecule has 1 aromatic rings. The molecule has 1 unspecified atom stereocenters. The molecule has 0 spiro atoms. The van der Waals surface area contributed by atoms with Crippen molar-refractivity contribution in [2.75, 3.05) is 14.1 Å². The maximum absolute atomic E-state index is 11.1. The first-order valence-corrected chi connectivity index (χ1v) is 5.37. The van der Waals surface area contributed by atoms with Crippen molar-refractivity contribution in [3.05, 3.63) is 34.9 Å². The maximum atomic E-state index is 11.1. The van der Waals surface area contributed by atoms with E-state index in [4.69, 9.17) is 5.11 Å². The van der Waals surface area contributed by atoms with Gasteiger partial charge in [-0.1, -0.05) is 23.8 Å². The number of carboxylic acid groups (broad SMARTS) is 1. The second kappa shape index (κ2) is 5.12. The van der Waals surface area contributed by atoms with Crippen LogP contribution >= 0.6 is 0 Å². The highest BCUT2D eigenvalue weighted by atomic mass is 16.4. The van der Waals surface area contributed by atoms with Crippen molar-refractivity contribution < 1.29 is 9.90 Å². The number of hydrogen-bond acceptors (Lipinski definition) is 2. The van der Waals surface area contributed by atoms with E-state index in [9.17, 15) is 4.79 Å². The fourth-order valence-corrected chi connectivity index (χ4v) is 1.77. The number of nitrogens with zero attached hydrogens (tertiary/aromatic N) is 1. The van der Waals surface area contributed by atoms with Gasteiger partial charge in [0.15, 0.2) is 0 Å². The minimum atomic E-state index is -0.773. The molecule has 0 aliphatic carbocycles. The molecule has 16 heavy (non-hydrogen) atoms. The Morgan fingerprint density at radius 2 is 2.00 bits per heavy atom. The lowest BCUT2D eigenvalue weighted by Gasteiger charge is -2.20. The normalized spacial score (nSPS) is 12.8. The summed E-state index contributed by atoms with van der Waals surface area (Å²) in [6, 6.07) is 5.67. The number of rotatable bonds is 4. The zero-order valence-corrected chi connectivity index (χ0v) is 10.3. The third-order valence-corrected chi connectivity index (χ3v) is 2.82. The molecule has 0 aromatic heterocycles. The Morgan fingerprint density at radius 1 is 1.38 bits per heavy atom. The molecular weight excluding hydrogens is 202 g/mol. The molecule has 1 aromatic carbocycles. The van der Waals surface area contributed by atoms with Gasteiger partial charge in [0.05, 0.1) is 0 Å². The van der Waals surface area contributed by atoms with Crippen molar-refractivity contribution in [1.82, 2.24) is 4.90 Å². The SMILES string of the molecule is Cc1ccc(CC(C(=O)O)N(C)C)c(C)c1. The summed E-state index contributed by atoms with van der Waals surface area (Å²) in [4.78, 5) is 12.8. The lowest BCUT2D eigenvalue weighted by atomic mass is 9.99. The Bertz CT molecular complexity index is 386. The zero-order chi connectivity index (χ0) is 12.3. The Hall–Kier alpha value is -1.35. The molecule has 88 valence electrons. The molecule has 0 radical (unpaired) electrons. The van der Waals surface area contributed by atoms with Gasteiger partial charge in [0.25, 0.3) is 0 Å². The Balaban J connectivity index is 2.90. The van der Waals surface area contributed by atoms with E-state index in [1.165, 1.54) is 5.56 Å². The molecule has 0 aliphatic rings. The van der Waals surface area contributed by atoms with Gasteiger partial charge in [0, 0.05) is 0 Å². The average molecular weight is 221 g/mol. The summed E-state index contributed by atoms with van der Waals surface area (Å²) in [5, 5.41) is 9.11. The topological polar surface area (TPSA) is 40.5 Å². The summed E-state index contributed by atoms with van der Waals surface area (Å²) in [7, 11) is 3.59. The quantitative estimate of drug-likeness (QED) is 0.843. The monoisotopic (exact) mass is 221 g/mol. The summed E-state index contributed by atoms with van der Waals surface area (Å²) < 4.78 is 0. The summed E-state index contributed by atoms with van der Waals surface area (Å²) in [6.07, 6.45) is 0.550. The third-order valence-electron chi connectivity index (χ3n) is 2.82. The maximum Gasteiger partial charge on any atom is 0.321 e. The molecule has 1 rings (SSSR count). The molecule has 0 fully saturated rings. The fraction of sp³-hybridized carbons (Fsp3) is 0.462. The van der Waals surface area contributed by atoms with Crippen LogP contribution in [-0.2, 0) is 11.2 Å². The number of likely N-dealkylation sites (N-methyl/N-ethyl adjacent to an activating group) is 1. The lowest BCUT2D eigenvalue weighted by Crippen LogP contribution is -2.37. The average Bonchev–Trinajstić information content (AvgIpc) is 2.15.